The van der Waals surface area contributed by atoms with Gasteiger partial charge in [0.1, 0.15) is 0 Å². The first-order valence-corrected chi connectivity index (χ1v) is 6.94. The van der Waals surface area contributed by atoms with Gasteiger partial charge in [-0.05, 0) is 36.5 Å². The predicted molar refractivity (Wildman–Crippen MR) is 76.4 cm³/mol. The van der Waals surface area contributed by atoms with Crippen molar-refractivity contribution in [3.8, 4) is 5.75 Å². The van der Waals surface area contributed by atoms with Gasteiger partial charge in [-0.15, -0.1) is 0 Å². The number of halogens is 1. The van der Waals surface area contributed by atoms with Gasteiger partial charge in [0, 0.05) is 24.0 Å². The van der Waals surface area contributed by atoms with Crippen molar-refractivity contribution in [2.24, 2.45) is 5.73 Å². The third-order valence-electron chi connectivity index (χ3n) is 3.97. The molecule has 1 atom stereocenters. The second-order valence-electron chi connectivity index (χ2n) is 5.34. The number of rotatable bonds is 3. The first-order valence-electron chi connectivity index (χ1n) is 6.94. The molecule has 20 heavy (non-hydrogen) atoms. The Bertz CT molecular complexity index is 621. The van der Waals surface area contributed by atoms with Crippen LogP contribution in [0.2, 0.25) is 0 Å². The summed E-state index contributed by atoms with van der Waals surface area (Å²) in [4.78, 5) is 0. The molecule has 1 unspecified atom stereocenters. The van der Waals surface area contributed by atoms with E-state index in [0.717, 1.165) is 19.3 Å². The lowest BCUT2D eigenvalue weighted by molar-refractivity contribution is 0.383. The molecule has 3 rings (SSSR count). The van der Waals surface area contributed by atoms with Crippen LogP contribution in [0.5, 0.6) is 5.75 Å². The Hall–Kier alpha value is -1.81. The molecule has 3 nitrogen and oxygen atoms in total. The molecule has 1 heterocycles. The smallest absolute Gasteiger partial charge is 0.170 e. The predicted octanol–water partition coefficient (Wildman–Crippen LogP) is 3.02. The van der Waals surface area contributed by atoms with Gasteiger partial charge in [0.2, 0.25) is 0 Å². The highest BCUT2D eigenvalue weighted by atomic mass is 19.1. The van der Waals surface area contributed by atoms with Crippen molar-refractivity contribution >= 4 is 0 Å². The molecule has 1 aliphatic carbocycles. The fraction of sp³-hybridized carbons (Fsp3) is 0.375. The summed E-state index contributed by atoms with van der Waals surface area (Å²) in [5.41, 5.74) is 9.26. The lowest BCUT2D eigenvalue weighted by Gasteiger charge is -2.17. The van der Waals surface area contributed by atoms with Crippen LogP contribution in [0.4, 0.5) is 4.39 Å². The molecule has 2 N–H and O–H groups in total. The zero-order chi connectivity index (χ0) is 14.1. The van der Waals surface area contributed by atoms with Crippen molar-refractivity contribution in [1.82, 2.24) is 4.57 Å². The Morgan fingerprint density at radius 1 is 1.40 bits per heavy atom. The van der Waals surface area contributed by atoms with E-state index >= 15 is 0 Å². The molecule has 0 bridgehead atoms. The summed E-state index contributed by atoms with van der Waals surface area (Å²) >= 11 is 0. The molecule has 4 heteroatoms. The first kappa shape index (κ1) is 13.2. The van der Waals surface area contributed by atoms with Crippen LogP contribution in [-0.2, 0) is 13.0 Å². The van der Waals surface area contributed by atoms with E-state index in [0.29, 0.717) is 12.1 Å². The van der Waals surface area contributed by atoms with Crippen molar-refractivity contribution < 1.29 is 9.13 Å². The Labute approximate surface area is 118 Å². The van der Waals surface area contributed by atoms with Crippen molar-refractivity contribution in [3.05, 3.63) is 53.1 Å². The number of methoxy groups -OCH3 is 1. The van der Waals surface area contributed by atoms with E-state index in [1.807, 2.05) is 10.6 Å². The molecule has 0 saturated heterocycles. The van der Waals surface area contributed by atoms with Gasteiger partial charge >= 0.3 is 0 Å². The molecule has 0 aliphatic heterocycles. The third kappa shape index (κ3) is 2.31. The first-order chi connectivity index (χ1) is 9.69. The molecule has 2 aromatic rings. The Kier molecular flexibility index (Phi) is 3.49. The Morgan fingerprint density at radius 3 is 3.00 bits per heavy atom. The SMILES string of the molecule is COc1cccc(Cn2cc3c(c2)C(N)CCC3)c1F. The number of fused-ring (bicyclic) bond motifs is 1. The maximum atomic E-state index is 14.2. The van der Waals surface area contributed by atoms with Crippen LogP contribution < -0.4 is 10.5 Å². The molecular formula is C16H19FN2O. The van der Waals surface area contributed by atoms with Crippen LogP contribution in [-0.4, -0.2) is 11.7 Å². The van der Waals surface area contributed by atoms with Crippen LogP contribution in [0.25, 0.3) is 0 Å². The summed E-state index contributed by atoms with van der Waals surface area (Å²) in [5.74, 6) is 0.00194. The van der Waals surface area contributed by atoms with Crippen molar-refractivity contribution in [3.63, 3.8) is 0 Å². The molecule has 1 aromatic carbocycles. The van der Waals surface area contributed by atoms with E-state index in [1.54, 1.807) is 12.1 Å². The Morgan fingerprint density at radius 2 is 2.25 bits per heavy atom. The van der Waals surface area contributed by atoms with E-state index in [2.05, 4.69) is 12.4 Å². The number of aromatic nitrogens is 1. The molecule has 0 fully saturated rings. The largest absolute Gasteiger partial charge is 0.494 e. The van der Waals surface area contributed by atoms with Gasteiger partial charge in [0.25, 0.3) is 0 Å². The molecule has 0 saturated carbocycles. The van der Waals surface area contributed by atoms with Gasteiger partial charge in [0.05, 0.1) is 13.7 Å². The molecule has 1 aliphatic rings. The monoisotopic (exact) mass is 274 g/mol. The minimum Gasteiger partial charge on any atom is -0.494 e. The summed E-state index contributed by atoms with van der Waals surface area (Å²) in [7, 11) is 1.48. The van der Waals surface area contributed by atoms with E-state index in [1.165, 1.54) is 18.2 Å². The van der Waals surface area contributed by atoms with Gasteiger partial charge < -0.3 is 15.0 Å². The highest BCUT2D eigenvalue weighted by Crippen LogP contribution is 2.29. The van der Waals surface area contributed by atoms with Crippen molar-refractivity contribution in [2.45, 2.75) is 31.8 Å². The van der Waals surface area contributed by atoms with E-state index in [-0.39, 0.29) is 17.6 Å². The zero-order valence-corrected chi connectivity index (χ0v) is 11.6. The zero-order valence-electron chi connectivity index (χ0n) is 11.6. The molecule has 106 valence electrons. The van der Waals surface area contributed by atoms with Crippen LogP contribution >= 0.6 is 0 Å². The van der Waals surface area contributed by atoms with E-state index in [9.17, 15) is 4.39 Å². The minimum atomic E-state index is -0.286. The van der Waals surface area contributed by atoms with Gasteiger partial charge in [0.15, 0.2) is 11.6 Å². The normalized spacial score (nSPS) is 17.9. The molecule has 0 amide bonds. The fourth-order valence-electron chi connectivity index (χ4n) is 2.91. The van der Waals surface area contributed by atoms with Crippen molar-refractivity contribution in [2.75, 3.05) is 7.11 Å². The van der Waals surface area contributed by atoms with Crippen LogP contribution in [0.3, 0.4) is 0 Å². The number of aryl methyl sites for hydroxylation is 1. The van der Waals surface area contributed by atoms with Crippen LogP contribution in [0, 0.1) is 5.82 Å². The molecule has 0 spiro atoms. The van der Waals surface area contributed by atoms with Gasteiger partial charge in [-0.1, -0.05) is 12.1 Å². The fourth-order valence-corrected chi connectivity index (χ4v) is 2.91. The van der Waals surface area contributed by atoms with Gasteiger partial charge in [-0.2, -0.15) is 0 Å². The number of nitrogens with two attached hydrogens (primary N) is 1. The average Bonchev–Trinajstić information content (AvgIpc) is 2.85. The van der Waals surface area contributed by atoms with Crippen molar-refractivity contribution in [1.29, 1.82) is 0 Å². The number of nitrogens with zero attached hydrogens (tertiary/aromatic N) is 1. The van der Waals surface area contributed by atoms with Gasteiger partial charge in [-0.25, -0.2) is 4.39 Å². The number of benzene rings is 1. The standard InChI is InChI=1S/C16H19FN2O/c1-20-15-7-3-5-12(16(15)17)9-19-8-11-4-2-6-14(18)13(11)10-19/h3,5,7-8,10,14H,2,4,6,9,18H2,1H3. The molecule has 1 aromatic heterocycles. The highest BCUT2D eigenvalue weighted by molar-refractivity contribution is 5.33. The van der Waals surface area contributed by atoms with E-state index < -0.39 is 0 Å². The Balaban J connectivity index is 1.89. The third-order valence-corrected chi connectivity index (χ3v) is 3.97. The summed E-state index contributed by atoms with van der Waals surface area (Å²) < 4.78 is 21.2. The van der Waals surface area contributed by atoms with Crippen LogP contribution in [0.15, 0.2) is 30.6 Å². The summed E-state index contributed by atoms with van der Waals surface area (Å²) in [6.07, 6.45) is 7.37. The minimum absolute atomic E-state index is 0.121. The second-order valence-corrected chi connectivity index (χ2v) is 5.34. The summed E-state index contributed by atoms with van der Waals surface area (Å²) in [6.45, 7) is 0.503. The highest BCUT2D eigenvalue weighted by Gasteiger charge is 2.19. The topological polar surface area (TPSA) is 40.2 Å². The maximum absolute atomic E-state index is 14.2. The average molecular weight is 274 g/mol. The molecular weight excluding hydrogens is 255 g/mol. The quantitative estimate of drug-likeness (QED) is 0.934. The number of hydrogen-bond acceptors (Lipinski definition) is 2. The molecule has 0 radical (unpaired) electrons. The second kappa shape index (κ2) is 5.29. The lowest BCUT2D eigenvalue weighted by Crippen LogP contribution is -2.15. The van der Waals surface area contributed by atoms with Crippen LogP contribution in [0.1, 0.15) is 35.6 Å². The number of ether oxygens (including phenoxy) is 1. The lowest BCUT2D eigenvalue weighted by atomic mass is 9.92. The maximum Gasteiger partial charge on any atom is 0.170 e. The van der Waals surface area contributed by atoms with Gasteiger partial charge in [-0.3, -0.25) is 0 Å². The van der Waals surface area contributed by atoms with E-state index in [4.69, 9.17) is 10.5 Å². The number of hydrogen-bond donors (Lipinski definition) is 1. The summed E-state index contributed by atoms with van der Waals surface area (Å²) in [6, 6.07) is 5.36. The summed E-state index contributed by atoms with van der Waals surface area (Å²) in [5, 5.41) is 0.